The Morgan fingerprint density at radius 2 is 1.62 bits per heavy atom. The highest BCUT2D eigenvalue weighted by molar-refractivity contribution is 6.62. The zero-order chi connectivity index (χ0) is 17.9. The molecule has 0 N–H and O–H groups in total. The minimum Gasteiger partial charge on any atom is -0.399 e. The number of rotatable bonds is 1. The maximum absolute atomic E-state index is 12.4. The van der Waals surface area contributed by atoms with Crippen molar-refractivity contribution < 1.29 is 14.1 Å². The summed E-state index contributed by atoms with van der Waals surface area (Å²) in [5.41, 5.74) is 2.31. The second-order valence-electron chi connectivity index (χ2n) is 8.88. The largest absolute Gasteiger partial charge is 0.494 e. The highest BCUT2D eigenvalue weighted by Gasteiger charge is 2.51. The third kappa shape index (κ3) is 2.78. The number of hydrogen-bond donors (Lipinski definition) is 0. The van der Waals surface area contributed by atoms with Gasteiger partial charge in [0.25, 0.3) is 0 Å². The minimum absolute atomic E-state index is 0.193. The first kappa shape index (κ1) is 17.5. The van der Waals surface area contributed by atoms with E-state index in [0.29, 0.717) is 6.42 Å². The molecule has 1 saturated heterocycles. The fourth-order valence-electron chi connectivity index (χ4n) is 3.37. The fourth-order valence-corrected chi connectivity index (χ4v) is 3.37. The van der Waals surface area contributed by atoms with Crippen LogP contribution in [0.4, 0.5) is 5.69 Å². The molecular formula is C19H28BNO3. The summed E-state index contributed by atoms with van der Waals surface area (Å²) in [7, 11) is -0.360. The molecule has 3 rings (SSSR count). The highest BCUT2D eigenvalue weighted by Crippen LogP contribution is 2.37. The Hall–Kier alpha value is -1.33. The van der Waals surface area contributed by atoms with Gasteiger partial charge in [-0.3, -0.25) is 4.79 Å². The lowest BCUT2D eigenvalue weighted by molar-refractivity contribution is -0.119. The monoisotopic (exact) mass is 329 g/mol. The van der Waals surface area contributed by atoms with E-state index in [0.717, 1.165) is 17.6 Å². The number of aryl methyl sites for hydroxylation is 1. The van der Waals surface area contributed by atoms with E-state index in [9.17, 15) is 4.79 Å². The van der Waals surface area contributed by atoms with Gasteiger partial charge in [0.15, 0.2) is 0 Å². The van der Waals surface area contributed by atoms with E-state index in [1.165, 1.54) is 5.56 Å². The summed E-state index contributed by atoms with van der Waals surface area (Å²) >= 11 is 0. The summed E-state index contributed by atoms with van der Waals surface area (Å²) in [5.74, 6) is 0.193. The lowest BCUT2D eigenvalue weighted by Crippen LogP contribution is -2.48. The molecule has 1 aromatic carbocycles. The van der Waals surface area contributed by atoms with E-state index in [1.54, 1.807) is 0 Å². The summed E-state index contributed by atoms with van der Waals surface area (Å²) in [6.45, 7) is 14.5. The Morgan fingerprint density at radius 3 is 2.17 bits per heavy atom. The number of fused-ring (bicyclic) bond motifs is 1. The average Bonchev–Trinajstić information content (AvgIpc) is 2.65. The van der Waals surface area contributed by atoms with Crippen LogP contribution in [0.3, 0.4) is 0 Å². The van der Waals surface area contributed by atoms with Crippen LogP contribution in [0.15, 0.2) is 18.2 Å². The van der Waals surface area contributed by atoms with Gasteiger partial charge in [-0.05, 0) is 72.0 Å². The van der Waals surface area contributed by atoms with Crippen LogP contribution in [-0.2, 0) is 20.5 Å². The number of nitrogens with zero attached hydrogens (tertiary/aromatic N) is 1. The van der Waals surface area contributed by atoms with Crippen molar-refractivity contribution in [2.45, 2.75) is 78.0 Å². The van der Waals surface area contributed by atoms with Crippen molar-refractivity contribution in [3.63, 3.8) is 0 Å². The van der Waals surface area contributed by atoms with Crippen molar-refractivity contribution in [3.05, 3.63) is 23.8 Å². The molecule has 0 aromatic heterocycles. The minimum atomic E-state index is -0.360. The van der Waals surface area contributed by atoms with Crippen molar-refractivity contribution in [2.75, 3.05) is 4.90 Å². The maximum atomic E-state index is 12.4. The second kappa shape index (κ2) is 5.33. The molecule has 5 heteroatoms. The van der Waals surface area contributed by atoms with Crippen molar-refractivity contribution in [1.82, 2.24) is 0 Å². The predicted octanol–water partition coefficient (Wildman–Crippen LogP) is 3.06. The van der Waals surface area contributed by atoms with E-state index in [-0.39, 0.29) is 29.8 Å². The molecule has 1 amide bonds. The summed E-state index contributed by atoms with van der Waals surface area (Å²) in [6.07, 6.45) is 1.32. The van der Waals surface area contributed by atoms with Crippen molar-refractivity contribution >= 4 is 24.2 Å². The number of carbonyl (C=O) groups excluding carboxylic acids is 1. The predicted molar refractivity (Wildman–Crippen MR) is 97.7 cm³/mol. The second-order valence-corrected chi connectivity index (χ2v) is 8.88. The molecule has 2 aliphatic heterocycles. The van der Waals surface area contributed by atoms with Crippen LogP contribution >= 0.6 is 0 Å². The van der Waals surface area contributed by atoms with E-state index < -0.39 is 0 Å². The van der Waals surface area contributed by atoms with Crippen molar-refractivity contribution in [2.24, 2.45) is 0 Å². The molecule has 0 bridgehead atoms. The molecule has 2 aliphatic rings. The summed E-state index contributed by atoms with van der Waals surface area (Å²) < 4.78 is 12.3. The van der Waals surface area contributed by atoms with Gasteiger partial charge in [0, 0.05) is 17.6 Å². The smallest absolute Gasteiger partial charge is 0.399 e. The van der Waals surface area contributed by atoms with Crippen LogP contribution in [0.25, 0.3) is 0 Å². The van der Waals surface area contributed by atoms with Crippen molar-refractivity contribution in [1.29, 1.82) is 0 Å². The van der Waals surface area contributed by atoms with Crippen LogP contribution in [0.5, 0.6) is 0 Å². The van der Waals surface area contributed by atoms with Crippen LogP contribution in [0.1, 0.15) is 60.5 Å². The standard InChI is InChI=1S/C19H28BNO3/c1-17(2,3)21-15-10-9-14(12-13(15)8-11-16(21)22)20-23-18(4,5)19(6,7)24-20/h9-10,12H,8,11H2,1-7H3. The normalized spacial score (nSPS) is 22.7. The summed E-state index contributed by atoms with van der Waals surface area (Å²) in [5, 5.41) is 0. The molecule has 0 spiro atoms. The van der Waals surface area contributed by atoms with E-state index in [1.807, 2.05) is 17.0 Å². The average molecular weight is 329 g/mol. The fraction of sp³-hybridized carbons (Fsp3) is 0.632. The Bertz CT molecular complexity index is 660. The molecular weight excluding hydrogens is 301 g/mol. The van der Waals surface area contributed by atoms with Gasteiger partial charge in [-0.2, -0.15) is 0 Å². The molecule has 4 nitrogen and oxygen atoms in total. The van der Waals surface area contributed by atoms with Gasteiger partial charge in [-0.25, -0.2) is 0 Å². The molecule has 0 unspecified atom stereocenters. The van der Waals surface area contributed by atoms with E-state index in [4.69, 9.17) is 9.31 Å². The Kier molecular flexibility index (Phi) is 3.89. The van der Waals surface area contributed by atoms with Gasteiger partial charge < -0.3 is 14.2 Å². The Balaban J connectivity index is 1.95. The van der Waals surface area contributed by atoms with Gasteiger partial charge in [0.1, 0.15) is 0 Å². The molecule has 24 heavy (non-hydrogen) atoms. The highest BCUT2D eigenvalue weighted by atomic mass is 16.7. The Morgan fingerprint density at radius 1 is 1.04 bits per heavy atom. The van der Waals surface area contributed by atoms with Gasteiger partial charge in [-0.15, -0.1) is 0 Å². The number of hydrogen-bond acceptors (Lipinski definition) is 3. The van der Waals surface area contributed by atoms with Gasteiger partial charge in [0.2, 0.25) is 5.91 Å². The van der Waals surface area contributed by atoms with Crippen molar-refractivity contribution in [3.8, 4) is 0 Å². The lowest BCUT2D eigenvalue weighted by atomic mass is 9.77. The van der Waals surface area contributed by atoms with Gasteiger partial charge in [-0.1, -0.05) is 12.1 Å². The number of benzene rings is 1. The first-order valence-corrected chi connectivity index (χ1v) is 8.74. The lowest BCUT2D eigenvalue weighted by Gasteiger charge is -2.40. The van der Waals surface area contributed by atoms with Gasteiger partial charge in [0.05, 0.1) is 11.2 Å². The molecule has 0 atom stereocenters. The SMILES string of the molecule is CC(C)(C)N1C(=O)CCc2cc(B3OC(C)(C)C(C)(C)O3)ccc21. The topological polar surface area (TPSA) is 38.8 Å². The molecule has 0 radical (unpaired) electrons. The number of anilines is 1. The summed E-state index contributed by atoms with van der Waals surface area (Å²) in [6, 6.07) is 6.21. The first-order valence-electron chi connectivity index (χ1n) is 8.74. The van der Waals surface area contributed by atoms with Crippen LogP contribution in [0, 0.1) is 0 Å². The third-order valence-electron chi connectivity index (χ3n) is 5.40. The molecule has 1 aromatic rings. The molecule has 2 heterocycles. The van der Waals surface area contributed by atoms with E-state index in [2.05, 4.69) is 54.5 Å². The maximum Gasteiger partial charge on any atom is 0.494 e. The quantitative estimate of drug-likeness (QED) is 0.744. The zero-order valence-electron chi connectivity index (χ0n) is 15.9. The number of carbonyl (C=O) groups is 1. The zero-order valence-corrected chi connectivity index (χ0v) is 15.9. The molecule has 1 fully saturated rings. The summed E-state index contributed by atoms with van der Waals surface area (Å²) in [4.78, 5) is 14.3. The third-order valence-corrected chi connectivity index (χ3v) is 5.40. The number of amides is 1. The van der Waals surface area contributed by atoms with Crippen LogP contribution in [0.2, 0.25) is 0 Å². The molecule has 0 aliphatic carbocycles. The molecule has 0 saturated carbocycles. The van der Waals surface area contributed by atoms with Gasteiger partial charge >= 0.3 is 7.12 Å². The van der Waals surface area contributed by atoms with Crippen LogP contribution in [-0.4, -0.2) is 29.8 Å². The van der Waals surface area contributed by atoms with Crippen LogP contribution < -0.4 is 10.4 Å². The Labute approximate surface area is 145 Å². The first-order chi connectivity index (χ1) is 10.9. The van der Waals surface area contributed by atoms with E-state index >= 15 is 0 Å². The molecule has 130 valence electrons.